The summed E-state index contributed by atoms with van der Waals surface area (Å²) in [6.45, 7) is 7.56. The van der Waals surface area contributed by atoms with Gasteiger partial charge in [0.05, 0.1) is 0 Å². The maximum Gasteiger partial charge on any atom is 0.0166 e. The van der Waals surface area contributed by atoms with Gasteiger partial charge in [0.2, 0.25) is 0 Å². The van der Waals surface area contributed by atoms with E-state index in [-0.39, 0.29) is 0 Å². The summed E-state index contributed by atoms with van der Waals surface area (Å²) >= 11 is 0. The third-order valence-electron chi connectivity index (χ3n) is 2.07. The molecule has 0 fully saturated rings. The molecule has 0 saturated carbocycles. The van der Waals surface area contributed by atoms with Crippen LogP contribution in [0.4, 0.5) is 0 Å². The molecule has 2 nitrogen and oxygen atoms in total. The molecule has 2 heteroatoms. The van der Waals surface area contributed by atoms with Crippen LogP contribution in [-0.2, 0) is 0 Å². The summed E-state index contributed by atoms with van der Waals surface area (Å²) in [5.41, 5.74) is 7.21. The highest BCUT2D eigenvalue weighted by molar-refractivity contribution is 5.03. The first-order chi connectivity index (χ1) is 5.18. The number of hydrogen-bond acceptors (Lipinski definition) is 2. The summed E-state index contributed by atoms with van der Waals surface area (Å²) in [4.78, 5) is 2.40. The van der Waals surface area contributed by atoms with Crippen molar-refractivity contribution in [3.63, 3.8) is 0 Å². The van der Waals surface area contributed by atoms with Crippen LogP contribution < -0.4 is 5.73 Å². The lowest BCUT2D eigenvalue weighted by molar-refractivity contribution is 0.280. The van der Waals surface area contributed by atoms with Crippen LogP contribution in [0, 0.1) is 0 Å². The molecule has 1 unspecified atom stereocenters. The molecule has 64 valence electrons. The van der Waals surface area contributed by atoms with Gasteiger partial charge in [0.15, 0.2) is 0 Å². The third-order valence-corrected chi connectivity index (χ3v) is 2.07. The smallest absolute Gasteiger partial charge is 0.0166 e. The van der Waals surface area contributed by atoms with E-state index in [4.69, 9.17) is 5.73 Å². The van der Waals surface area contributed by atoms with E-state index in [1.54, 1.807) is 0 Å². The predicted molar refractivity (Wildman–Crippen MR) is 48.5 cm³/mol. The van der Waals surface area contributed by atoms with Gasteiger partial charge in [-0.2, -0.15) is 0 Å². The molecular weight excluding hydrogens is 136 g/mol. The second-order valence-corrected chi connectivity index (χ2v) is 3.54. The predicted octanol–water partition coefficient (Wildman–Crippen LogP) is 0.986. The Morgan fingerprint density at radius 1 is 1.73 bits per heavy atom. The Bertz CT molecular complexity index is 150. The summed E-state index contributed by atoms with van der Waals surface area (Å²) in [5.74, 6) is 0. The maximum atomic E-state index is 5.70. The Hall–Kier alpha value is -0.340. The van der Waals surface area contributed by atoms with E-state index in [0.29, 0.717) is 6.04 Å². The molecule has 0 spiro atoms. The topological polar surface area (TPSA) is 29.3 Å². The van der Waals surface area contributed by atoms with Crippen LogP contribution in [0.1, 0.15) is 20.3 Å². The zero-order valence-corrected chi connectivity index (χ0v) is 7.51. The van der Waals surface area contributed by atoms with Gasteiger partial charge in [-0.25, -0.2) is 0 Å². The van der Waals surface area contributed by atoms with E-state index in [1.165, 1.54) is 18.5 Å². The maximum absolute atomic E-state index is 5.70. The van der Waals surface area contributed by atoms with Crippen molar-refractivity contribution in [3.05, 3.63) is 11.6 Å². The van der Waals surface area contributed by atoms with E-state index in [9.17, 15) is 0 Å². The van der Waals surface area contributed by atoms with Crippen molar-refractivity contribution in [2.45, 2.75) is 26.3 Å². The van der Waals surface area contributed by atoms with Gasteiger partial charge in [0.1, 0.15) is 0 Å². The first kappa shape index (κ1) is 8.75. The van der Waals surface area contributed by atoms with Crippen molar-refractivity contribution in [3.8, 4) is 0 Å². The molecule has 0 aromatic heterocycles. The number of nitrogens with two attached hydrogens (primary N) is 1. The Morgan fingerprint density at radius 3 is 2.91 bits per heavy atom. The van der Waals surface area contributed by atoms with Crippen molar-refractivity contribution in [2.24, 2.45) is 5.73 Å². The summed E-state index contributed by atoms with van der Waals surface area (Å²) in [6.07, 6.45) is 3.51. The zero-order chi connectivity index (χ0) is 8.27. The average molecular weight is 154 g/mol. The normalized spacial score (nSPS) is 23.0. The SMILES string of the molecule is CC1=CCN(CC(C)N)CC1. The second kappa shape index (κ2) is 3.88. The van der Waals surface area contributed by atoms with Gasteiger partial charge in [-0.05, 0) is 20.3 Å². The molecule has 0 radical (unpaired) electrons. The molecule has 0 aliphatic carbocycles. The average Bonchev–Trinajstić information content (AvgIpc) is 1.93. The molecule has 2 N–H and O–H groups in total. The molecule has 1 aliphatic rings. The molecule has 1 aliphatic heterocycles. The van der Waals surface area contributed by atoms with E-state index in [2.05, 4.69) is 24.8 Å². The highest BCUT2D eigenvalue weighted by Crippen LogP contribution is 2.08. The largest absolute Gasteiger partial charge is 0.327 e. The quantitative estimate of drug-likeness (QED) is 0.601. The van der Waals surface area contributed by atoms with Crippen LogP contribution >= 0.6 is 0 Å². The van der Waals surface area contributed by atoms with Crippen LogP contribution in [0.2, 0.25) is 0 Å². The van der Waals surface area contributed by atoms with Crippen LogP contribution in [0.15, 0.2) is 11.6 Å². The monoisotopic (exact) mass is 154 g/mol. The minimum atomic E-state index is 0.307. The van der Waals surface area contributed by atoms with Crippen molar-refractivity contribution in [1.82, 2.24) is 4.90 Å². The van der Waals surface area contributed by atoms with Gasteiger partial charge < -0.3 is 5.73 Å². The zero-order valence-electron chi connectivity index (χ0n) is 7.51. The standard InChI is InChI=1S/C9H18N2/c1-8-3-5-11(6-4-8)7-9(2)10/h3,9H,4-7,10H2,1-2H3. The van der Waals surface area contributed by atoms with Crippen molar-refractivity contribution in [2.75, 3.05) is 19.6 Å². The third kappa shape index (κ3) is 3.04. The lowest BCUT2D eigenvalue weighted by Gasteiger charge is -2.26. The van der Waals surface area contributed by atoms with Gasteiger partial charge in [-0.15, -0.1) is 0 Å². The van der Waals surface area contributed by atoms with E-state index in [1.807, 2.05) is 0 Å². The van der Waals surface area contributed by atoms with E-state index >= 15 is 0 Å². The molecule has 11 heavy (non-hydrogen) atoms. The van der Waals surface area contributed by atoms with Crippen LogP contribution in [-0.4, -0.2) is 30.6 Å². The number of nitrogens with zero attached hydrogens (tertiary/aromatic N) is 1. The molecule has 1 heterocycles. The number of rotatable bonds is 2. The molecule has 0 bridgehead atoms. The van der Waals surface area contributed by atoms with E-state index in [0.717, 1.165) is 13.1 Å². The Kier molecular flexibility index (Phi) is 3.09. The van der Waals surface area contributed by atoms with Gasteiger partial charge in [0, 0.05) is 25.7 Å². The molecule has 1 atom stereocenters. The Labute approximate surface area is 69.1 Å². The van der Waals surface area contributed by atoms with Gasteiger partial charge in [-0.1, -0.05) is 11.6 Å². The summed E-state index contributed by atoms with van der Waals surface area (Å²) in [5, 5.41) is 0. The lowest BCUT2D eigenvalue weighted by Crippen LogP contribution is -2.37. The fraction of sp³-hybridized carbons (Fsp3) is 0.778. The molecule has 0 aromatic carbocycles. The van der Waals surface area contributed by atoms with Crippen molar-refractivity contribution < 1.29 is 0 Å². The first-order valence-electron chi connectivity index (χ1n) is 4.32. The molecule has 1 rings (SSSR count). The fourth-order valence-corrected chi connectivity index (χ4v) is 1.39. The highest BCUT2D eigenvalue weighted by atomic mass is 15.1. The molecule has 0 amide bonds. The van der Waals surface area contributed by atoms with E-state index < -0.39 is 0 Å². The lowest BCUT2D eigenvalue weighted by atomic mass is 10.1. The van der Waals surface area contributed by atoms with Crippen molar-refractivity contribution in [1.29, 1.82) is 0 Å². The molecular formula is C9H18N2. The Balaban J connectivity index is 2.29. The van der Waals surface area contributed by atoms with Gasteiger partial charge in [0.25, 0.3) is 0 Å². The second-order valence-electron chi connectivity index (χ2n) is 3.54. The van der Waals surface area contributed by atoms with Crippen LogP contribution in [0.3, 0.4) is 0 Å². The minimum Gasteiger partial charge on any atom is -0.327 e. The van der Waals surface area contributed by atoms with Crippen LogP contribution in [0.25, 0.3) is 0 Å². The van der Waals surface area contributed by atoms with Crippen molar-refractivity contribution >= 4 is 0 Å². The van der Waals surface area contributed by atoms with Gasteiger partial charge >= 0.3 is 0 Å². The number of hydrogen-bond donors (Lipinski definition) is 1. The summed E-state index contributed by atoms with van der Waals surface area (Å²) < 4.78 is 0. The Morgan fingerprint density at radius 2 is 2.45 bits per heavy atom. The minimum absolute atomic E-state index is 0.307. The molecule has 0 saturated heterocycles. The first-order valence-corrected chi connectivity index (χ1v) is 4.32. The molecule has 0 aromatic rings. The summed E-state index contributed by atoms with van der Waals surface area (Å²) in [6, 6.07) is 0.307. The summed E-state index contributed by atoms with van der Waals surface area (Å²) in [7, 11) is 0. The highest BCUT2D eigenvalue weighted by Gasteiger charge is 2.09. The van der Waals surface area contributed by atoms with Gasteiger partial charge in [-0.3, -0.25) is 4.90 Å². The van der Waals surface area contributed by atoms with Crippen LogP contribution in [0.5, 0.6) is 0 Å². The fourth-order valence-electron chi connectivity index (χ4n) is 1.39.